The minimum absolute atomic E-state index is 0.275. The number of anilines is 1. The first-order chi connectivity index (χ1) is 7.70. The maximum Gasteiger partial charge on any atom is 0.340 e. The van der Waals surface area contributed by atoms with Crippen LogP contribution in [0.25, 0.3) is 0 Å². The molecule has 0 atom stereocenters. The molecule has 0 unspecified atom stereocenters. The molecule has 2 aromatic rings. The molecule has 0 saturated carbocycles. The second kappa shape index (κ2) is 4.05. The van der Waals surface area contributed by atoms with E-state index in [2.05, 4.69) is 15.5 Å². The number of ether oxygens (including phenoxy) is 2. The van der Waals surface area contributed by atoms with Crippen molar-refractivity contribution >= 4 is 5.69 Å². The highest BCUT2D eigenvalue weighted by atomic mass is 16.5. The van der Waals surface area contributed by atoms with Gasteiger partial charge in [-0.15, -0.1) is 0 Å². The van der Waals surface area contributed by atoms with E-state index < -0.39 is 0 Å². The van der Waals surface area contributed by atoms with E-state index in [-0.39, 0.29) is 6.01 Å². The van der Waals surface area contributed by atoms with Crippen LogP contribution >= 0.6 is 0 Å². The molecule has 1 heterocycles. The standard InChI is InChI=1S/C9H11N5O2/c1-14-9(11-12-13-14)16-8-4-3-6(15-2)5-7(8)10/h3-5H,10H2,1-2H3. The van der Waals surface area contributed by atoms with Crippen LogP contribution in [0.4, 0.5) is 5.69 Å². The molecule has 0 spiro atoms. The second-order valence-electron chi connectivity index (χ2n) is 3.09. The summed E-state index contributed by atoms with van der Waals surface area (Å²) in [4.78, 5) is 0. The average molecular weight is 221 g/mol. The van der Waals surface area contributed by atoms with E-state index >= 15 is 0 Å². The van der Waals surface area contributed by atoms with Crippen molar-refractivity contribution in [2.24, 2.45) is 7.05 Å². The lowest BCUT2D eigenvalue weighted by molar-refractivity contribution is 0.405. The number of tetrazole rings is 1. The molecule has 0 aliphatic rings. The lowest BCUT2D eigenvalue weighted by Crippen LogP contribution is -1.98. The van der Waals surface area contributed by atoms with E-state index in [4.69, 9.17) is 15.2 Å². The zero-order chi connectivity index (χ0) is 11.5. The van der Waals surface area contributed by atoms with Gasteiger partial charge in [0.15, 0.2) is 5.75 Å². The van der Waals surface area contributed by atoms with Crippen LogP contribution < -0.4 is 15.2 Å². The molecule has 2 N–H and O–H groups in total. The van der Waals surface area contributed by atoms with Crippen LogP contribution in [0.2, 0.25) is 0 Å². The molecule has 0 radical (unpaired) electrons. The van der Waals surface area contributed by atoms with Crippen LogP contribution in [-0.2, 0) is 7.05 Å². The Bertz CT molecular complexity index is 496. The number of benzene rings is 1. The molecular weight excluding hydrogens is 210 g/mol. The average Bonchev–Trinajstić information content (AvgIpc) is 2.67. The van der Waals surface area contributed by atoms with Gasteiger partial charge in [-0.05, 0) is 22.6 Å². The molecule has 1 aromatic carbocycles. The smallest absolute Gasteiger partial charge is 0.340 e. The zero-order valence-electron chi connectivity index (χ0n) is 8.91. The maximum absolute atomic E-state index is 5.78. The van der Waals surface area contributed by atoms with Crippen LogP contribution in [0.15, 0.2) is 18.2 Å². The lowest BCUT2D eigenvalue weighted by atomic mass is 10.3. The Morgan fingerprint density at radius 2 is 2.19 bits per heavy atom. The summed E-state index contributed by atoms with van der Waals surface area (Å²) in [5.41, 5.74) is 6.24. The Morgan fingerprint density at radius 1 is 1.38 bits per heavy atom. The number of hydrogen-bond donors (Lipinski definition) is 1. The molecule has 0 saturated heterocycles. The van der Waals surface area contributed by atoms with Gasteiger partial charge in [-0.2, -0.15) is 4.68 Å². The fraction of sp³-hybridized carbons (Fsp3) is 0.222. The molecule has 0 fully saturated rings. The number of aryl methyl sites for hydroxylation is 1. The lowest BCUT2D eigenvalue weighted by Gasteiger charge is -2.07. The number of nitrogen functional groups attached to an aromatic ring is 1. The quantitative estimate of drug-likeness (QED) is 0.763. The van der Waals surface area contributed by atoms with Crippen LogP contribution in [0.1, 0.15) is 0 Å². The van der Waals surface area contributed by atoms with Crippen LogP contribution in [-0.4, -0.2) is 27.3 Å². The normalized spacial score (nSPS) is 10.1. The Hall–Kier alpha value is -2.31. The fourth-order valence-corrected chi connectivity index (χ4v) is 1.15. The minimum Gasteiger partial charge on any atom is -0.497 e. The number of rotatable bonds is 3. The van der Waals surface area contributed by atoms with Crippen molar-refractivity contribution in [3.63, 3.8) is 0 Å². The van der Waals surface area contributed by atoms with Gasteiger partial charge in [0.1, 0.15) is 5.75 Å². The van der Waals surface area contributed by atoms with Gasteiger partial charge in [0.2, 0.25) is 0 Å². The Kier molecular flexibility index (Phi) is 2.59. The Balaban J connectivity index is 2.25. The highest BCUT2D eigenvalue weighted by molar-refractivity contribution is 5.56. The number of methoxy groups -OCH3 is 1. The van der Waals surface area contributed by atoms with Crippen molar-refractivity contribution < 1.29 is 9.47 Å². The molecule has 7 heteroatoms. The van der Waals surface area contributed by atoms with Gasteiger partial charge >= 0.3 is 6.01 Å². The van der Waals surface area contributed by atoms with Gasteiger partial charge in [0, 0.05) is 13.1 Å². The number of aromatic nitrogens is 4. The molecule has 1 aromatic heterocycles. The van der Waals surface area contributed by atoms with Crippen LogP contribution in [0.3, 0.4) is 0 Å². The topological polar surface area (TPSA) is 88.1 Å². The number of hydrogen-bond acceptors (Lipinski definition) is 6. The first kappa shape index (κ1) is 10.2. The highest BCUT2D eigenvalue weighted by Crippen LogP contribution is 2.29. The third-order valence-electron chi connectivity index (χ3n) is 2.00. The van der Waals surface area contributed by atoms with E-state index in [1.165, 1.54) is 4.68 Å². The molecule has 84 valence electrons. The summed E-state index contributed by atoms with van der Waals surface area (Å²) < 4.78 is 11.9. The molecule has 0 bridgehead atoms. The maximum atomic E-state index is 5.78. The third-order valence-corrected chi connectivity index (χ3v) is 2.00. The fourth-order valence-electron chi connectivity index (χ4n) is 1.15. The summed E-state index contributed by atoms with van der Waals surface area (Å²) in [6, 6.07) is 5.38. The van der Waals surface area contributed by atoms with Crippen molar-refractivity contribution in [3.05, 3.63) is 18.2 Å². The van der Waals surface area contributed by atoms with E-state index in [9.17, 15) is 0 Å². The van der Waals surface area contributed by atoms with Gasteiger partial charge in [-0.1, -0.05) is 5.10 Å². The molecule has 0 aliphatic heterocycles. The molecule has 7 nitrogen and oxygen atoms in total. The van der Waals surface area contributed by atoms with E-state index in [0.717, 1.165) is 0 Å². The van der Waals surface area contributed by atoms with Gasteiger partial charge < -0.3 is 15.2 Å². The summed E-state index contributed by atoms with van der Waals surface area (Å²) in [6.07, 6.45) is 0. The SMILES string of the molecule is COc1ccc(Oc2nnnn2C)c(N)c1. The summed E-state index contributed by atoms with van der Waals surface area (Å²) >= 11 is 0. The molecule has 16 heavy (non-hydrogen) atoms. The van der Waals surface area contributed by atoms with Crippen LogP contribution in [0, 0.1) is 0 Å². The predicted molar refractivity (Wildman–Crippen MR) is 56.3 cm³/mol. The molecule has 0 aliphatic carbocycles. The summed E-state index contributed by atoms with van der Waals surface area (Å²) in [6.45, 7) is 0. The molecular formula is C9H11N5O2. The Labute approximate surface area is 91.8 Å². The summed E-state index contributed by atoms with van der Waals surface area (Å²) in [5.74, 6) is 1.15. The van der Waals surface area contributed by atoms with E-state index in [0.29, 0.717) is 17.2 Å². The van der Waals surface area contributed by atoms with E-state index in [1.807, 2.05) is 0 Å². The van der Waals surface area contributed by atoms with Crippen LogP contribution in [0.5, 0.6) is 17.5 Å². The number of nitrogens with zero attached hydrogens (tertiary/aromatic N) is 4. The molecule has 2 rings (SSSR count). The van der Waals surface area contributed by atoms with Crippen molar-refractivity contribution in [3.8, 4) is 17.5 Å². The highest BCUT2D eigenvalue weighted by Gasteiger charge is 2.08. The van der Waals surface area contributed by atoms with E-state index in [1.54, 1.807) is 32.4 Å². The summed E-state index contributed by atoms with van der Waals surface area (Å²) in [7, 11) is 3.25. The third kappa shape index (κ3) is 1.88. The first-order valence-electron chi connectivity index (χ1n) is 4.54. The monoisotopic (exact) mass is 221 g/mol. The second-order valence-corrected chi connectivity index (χ2v) is 3.09. The van der Waals surface area contributed by atoms with Crippen molar-refractivity contribution in [1.82, 2.24) is 20.2 Å². The van der Waals surface area contributed by atoms with Gasteiger partial charge in [0.05, 0.1) is 12.8 Å². The Morgan fingerprint density at radius 3 is 2.75 bits per heavy atom. The minimum atomic E-state index is 0.275. The van der Waals surface area contributed by atoms with Crippen molar-refractivity contribution in [2.45, 2.75) is 0 Å². The van der Waals surface area contributed by atoms with Gasteiger partial charge in [-0.3, -0.25) is 0 Å². The largest absolute Gasteiger partial charge is 0.497 e. The summed E-state index contributed by atoms with van der Waals surface area (Å²) in [5, 5.41) is 10.8. The van der Waals surface area contributed by atoms with Gasteiger partial charge in [-0.25, -0.2) is 0 Å². The van der Waals surface area contributed by atoms with Crippen molar-refractivity contribution in [1.29, 1.82) is 0 Å². The van der Waals surface area contributed by atoms with Crippen molar-refractivity contribution in [2.75, 3.05) is 12.8 Å². The van der Waals surface area contributed by atoms with Gasteiger partial charge in [0.25, 0.3) is 0 Å². The predicted octanol–water partition coefficient (Wildman–Crippen LogP) is 0.593. The number of nitrogens with two attached hydrogens (primary N) is 1. The zero-order valence-corrected chi connectivity index (χ0v) is 8.91. The molecule has 0 amide bonds. The first-order valence-corrected chi connectivity index (χ1v) is 4.54.